The van der Waals surface area contributed by atoms with E-state index in [1.807, 2.05) is 0 Å². The molecule has 2 heteroatoms. The van der Waals surface area contributed by atoms with Crippen LogP contribution in [-0.2, 0) is 6.42 Å². The first-order chi connectivity index (χ1) is 8.27. The maximum absolute atomic E-state index is 6.29. The lowest BCUT2D eigenvalue weighted by Crippen LogP contribution is -2.10. The van der Waals surface area contributed by atoms with E-state index in [4.69, 9.17) is 5.73 Å². The van der Waals surface area contributed by atoms with Crippen LogP contribution in [0.15, 0.2) is 34.8 Å². The minimum Gasteiger partial charge on any atom is -0.324 e. The minimum absolute atomic E-state index is 0.202. The third-order valence-electron chi connectivity index (χ3n) is 3.73. The molecule has 0 aliphatic heterocycles. The molecule has 17 heavy (non-hydrogen) atoms. The van der Waals surface area contributed by atoms with E-state index in [-0.39, 0.29) is 6.04 Å². The summed E-state index contributed by atoms with van der Waals surface area (Å²) in [6.45, 7) is 0. The smallest absolute Gasteiger partial charge is 0.0298 e. The Morgan fingerprint density at radius 1 is 1.12 bits per heavy atom. The van der Waals surface area contributed by atoms with Crippen molar-refractivity contribution in [3.8, 4) is 0 Å². The highest BCUT2D eigenvalue weighted by molar-refractivity contribution is 9.10. The van der Waals surface area contributed by atoms with Gasteiger partial charge in [-0.05, 0) is 47.2 Å². The molecule has 1 atom stereocenters. The molecule has 1 unspecified atom stereocenters. The van der Waals surface area contributed by atoms with Crippen LogP contribution in [0, 0.1) is 0 Å². The van der Waals surface area contributed by atoms with Crippen LogP contribution in [0.1, 0.15) is 36.4 Å². The van der Waals surface area contributed by atoms with Crippen LogP contribution in [0.3, 0.4) is 0 Å². The molecular formula is C15H16BrN. The van der Waals surface area contributed by atoms with Gasteiger partial charge < -0.3 is 5.73 Å². The van der Waals surface area contributed by atoms with Gasteiger partial charge in [-0.3, -0.25) is 0 Å². The first-order valence-electron chi connectivity index (χ1n) is 6.23. The molecule has 2 aromatic carbocycles. The number of aryl methyl sites for hydroxylation is 1. The van der Waals surface area contributed by atoms with Gasteiger partial charge in [-0.15, -0.1) is 0 Å². The Labute approximate surface area is 110 Å². The number of halogens is 1. The second-order valence-corrected chi connectivity index (χ2v) is 5.68. The van der Waals surface area contributed by atoms with Crippen molar-refractivity contribution in [2.24, 2.45) is 5.73 Å². The molecule has 1 aliphatic rings. The largest absolute Gasteiger partial charge is 0.324 e. The van der Waals surface area contributed by atoms with Crippen molar-refractivity contribution in [2.45, 2.75) is 31.7 Å². The molecule has 1 aliphatic carbocycles. The fourth-order valence-corrected chi connectivity index (χ4v) is 3.44. The first kappa shape index (κ1) is 11.2. The van der Waals surface area contributed by atoms with Crippen LogP contribution in [0.2, 0.25) is 0 Å². The van der Waals surface area contributed by atoms with E-state index in [9.17, 15) is 0 Å². The van der Waals surface area contributed by atoms with Crippen LogP contribution in [-0.4, -0.2) is 0 Å². The normalized spacial score (nSPS) is 20.0. The maximum Gasteiger partial charge on any atom is 0.0298 e. The number of hydrogen-bond donors (Lipinski definition) is 1. The van der Waals surface area contributed by atoms with Gasteiger partial charge in [0.05, 0.1) is 0 Å². The number of nitrogens with two attached hydrogens (primary N) is 1. The van der Waals surface area contributed by atoms with Crippen molar-refractivity contribution in [3.63, 3.8) is 0 Å². The van der Waals surface area contributed by atoms with Crippen molar-refractivity contribution in [2.75, 3.05) is 0 Å². The van der Waals surface area contributed by atoms with Crippen molar-refractivity contribution >= 4 is 26.7 Å². The molecule has 1 nitrogen and oxygen atoms in total. The molecule has 88 valence electrons. The average molecular weight is 290 g/mol. The second-order valence-electron chi connectivity index (χ2n) is 4.82. The van der Waals surface area contributed by atoms with E-state index < -0.39 is 0 Å². The molecule has 0 heterocycles. The average Bonchev–Trinajstić information content (AvgIpc) is 2.53. The Morgan fingerprint density at radius 3 is 2.71 bits per heavy atom. The van der Waals surface area contributed by atoms with E-state index in [0.717, 1.165) is 12.8 Å². The zero-order valence-corrected chi connectivity index (χ0v) is 11.3. The van der Waals surface area contributed by atoms with Crippen LogP contribution in [0.5, 0.6) is 0 Å². The Balaban J connectivity index is 2.34. The van der Waals surface area contributed by atoms with Gasteiger partial charge in [0.1, 0.15) is 0 Å². The van der Waals surface area contributed by atoms with Gasteiger partial charge in [0.15, 0.2) is 0 Å². The summed E-state index contributed by atoms with van der Waals surface area (Å²) in [5.41, 5.74) is 9.09. The molecule has 2 aromatic rings. The summed E-state index contributed by atoms with van der Waals surface area (Å²) in [5, 5.41) is 2.68. The molecule has 0 saturated heterocycles. The predicted molar refractivity (Wildman–Crippen MR) is 76.1 cm³/mol. The monoisotopic (exact) mass is 289 g/mol. The quantitative estimate of drug-likeness (QED) is 0.718. The molecule has 0 fully saturated rings. The van der Waals surface area contributed by atoms with Gasteiger partial charge in [-0.25, -0.2) is 0 Å². The SMILES string of the molecule is NC1CCCCc2c1cc(Br)c1ccccc21. The summed E-state index contributed by atoms with van der Waals surface area (Å²) in [6, 6.07) is 11.0. The van der Waals surface area contributed by atoms with E-state index in [2.05, 4.69) is 46.3 Å². The van der Waals surface area contributed by atoms with Crippen LogP contribution < -0.4 is 5.73 Å². The third kappa shape index (κ3) is 1.90. The van der Waals surface area contributed by atoms with Crippen molar-refractivity contribution in [1.82, 2.24) is 0 Å². The third-order valence-corrected chi connectivity index (χ3v) is 4.39. The van der Waals surface area contributed by atoms with E-state index >= 15 is 0 Å². The molecule has 3 rings (SSSR count). The number of benzene rings is 2. The summed E-state index contributed by atoms with van der Waals surface area (Å²) in [5.74, 6) is 0. The van der Waals surface area contributed by atoms with Crippen molar-refractivity contribution in [3.05, 3.63) is 45.9 Å². The van der Waals surface area contributed by atoms with E-state index in [1.165, 1.54) is 39.2 Å². The molecule has 0 aromatic heterocycles. The Kier molecular flexibility index (Phi) is 2.93. The van der Waals surface area contributed by atoms with Gasteiger partial charge in [0.25, 0.3) is 0 Å². The van der Waals surface area contributed by atoms with Crippen LogP contribution >= 0.6 is 15.9 Å². The lowest BCUT2D eigenvalue weighted by molar-refractivity contribution is 0.615. The van der Waals surface area contributed by atoms with Crippen molar-refractivity contribution in [1.29, 1.82) is 0 Å². The standard InChI is InChI=1S/C15H16BrN/c16-14-9-13-11(6-3-4-8-15(13)17)10-5-1-2-7-12(10)14/h1-2,5,7,9,15H,3-4,6,8,17H2. The highest BCUT2D eigenvalue weighted by Gasteiger charge is 2.18. The summed E-state index contributed by atoms with van der Waals surface area (Å²) in [7, 11) is 0. The molecule has 0 spiro atoms. The number of rotatable bonds is 0. The van der Waals surface area contributed by atoms with E-state index in [0.29, 0.717) is 0 Å². The molecule has 0 bridgehead atoms. The summed E-state index contributed by atoms with van der Waals surface area (Å²) < 4.78 is 1.17. The van der Waals surface area contributed by atoms with Crippen LogP contribution in [0.25, 0.3) is 10.8 Å². The predicted octanol–water partition coefficient (Wildman–Crippen LogP) is 4.33. The first-order valence-corrected chi connectivity index (χ1v) is 7.02. The van der Waals surface area contributed by atoms with Crippen molar-refractivity contribution < 1.29 is 0 Å². The fourth-order valence-electron chi connectivity index (χ4n) is 2.84. The molecule has 0 saturated carbocycles. The van der Waals surface area contributed by atoms with Crippen LogP contribution in [0.4, 0.5) is 0 Å². The van der Waals surface area contributed by atoms with Gasteiger partial charge in [-0.2, -0.15) is 0 Å². The lowest BCUT2D eigenvalue weighted by atomic mass is 9.94. The summed E-state index contributed by atoms with van der Waals surface area (Å²) >= 11 is 3.67. The zero-order chi connectivity index (χ0) is 11.8. The number of hydrogen-bond acceptors (Lipinski definition) is 1. The lowest BCUT2D eigenvalue weighted by Gasteiger charge is -2.16. The van der Waals surface area contributed by atoms with E-state index in [1.54, 1.807) is 0 Å². The summed E-state index contributed by atoms with van der Waals surface area (Å²) in [6.07, 6.45) is 4.77. The van der Waals surface area contributed by atoms with Gasteiger partial charge in [0.2, 0.25) is 0 Å². The molecule has 2 N–H and O–H groups in total. The molecule has 0 radical (unpaired) electrons. The highest BCUT2D eigenvalue weighted by atomic mass is 79.9. The Hall–Kier alpha value is -0.860. The topological polar surface area (TPSA) is 26.0 Å². The highest BCUT2D eigenvalue weighted by Crippen LogP contribution is 2.36. The number of fused-ring (bicyclic) bond motifs is 3. The summed E-state index contributed by atoms with van der Waals surface area (Å²) in [4.78, 5) is 0. The molecular weight excluding hydrogens is 274 g/mol. The van der Waals surface area contributed by atoms with Gasteiger partial charge >= 0.3 is 0 Å². The maximum atomic E-state index is 6.29. The minimum atomic E-state index is 0.202. The fraction of sp³-hybridized carbons (Fsp3) is 0.333. The second kappa shape index (κ2) is 4.43. The Morgan fingerprint density at radius 2 is 1.88 bits per heavy atom. The van der Waals surface area contributed by atoms with Gasteiger partial charge in [0, 0.05) is 10.5 Å². The molecule has 0 amide bonds. The zero-order valence-electron chi connectivity index (χ0n) is 9.75. The van der Waals surface area contributed by atoms with Gasteiger partial charge in [-0.1, -0.05) is 46.6 Å². The Bertz CT molecular complexity index is 562.